The van der Waals surface area contributed by atoms with E-state index in [2.05, 4.69) is 9.55 Å². The minimum atomic E-state index is 0.123. The van der Waals surface area contributed by atoms with Crippen molar-refractivity contribution in [2.75, 3.05) is 13.1 Å². The zero-order valence-electron chi connectivity index (χ0n) is 11.9. The van der Waals surface area contributed by atoms with Crippen LogP contribution in [0.2, 0.25) is 0 Å². The van der Waals surface area contributed by atoms with E-state index in [1.165, 1.54) is 0 Å². The van der Waals surface area contributed by atoms with Crippen LogP contribution in [0.3, 0.4) is 0 Å². The van der Waals surface area contributed by atoms with Gasteiger partial charge in [-0.2, -0.15) is 0 Å². The number of amides is 1. The smallest absolute Gasteiger partial charge is 0.226 e. The highest BCUT2D eigenvalue weighted by Crippen LogP contribution is 2.49. The number of hydrogen-bond acceptors (Lipinski definition) is 3. The molecule has 0 spiro atoms. The normalized spacial score (nSPS) is 28.6. The Kier molecular flexibility index (Phi) is 3.05. The molecule has 1 amide bonds. The lowest BCUT2D eigenvalue weighted by molar-refractivity contribution is -0.134. The molecule has 21 heavy (non-hydrogen) atoms. The molecule has 5 heteroatoms. The van der Waals surface area contributed by atoms with Gasteiger partial charge in [-0.3, -0.25) is 4.79 Å². The van der Waals surface area contributed by atoms with E-state index in [4.69, 9.17) is 4.42 Å². The molecule has 3 heterocycles. The van der Waals surface area contributed by atoms with E-state index in [1.54, 1.807) is 12.5 Å². The monoisotopic (exact) mass is 285 g/mol. The minimum Gasteiger partial charge on any atom is -0.469 e. The standard InChI is InChI=1S/C16H19N3O2/c20-16(14-9-13(14)15-4-2-8-21-15)18-6-1-3-12(10-18)19-7-5-17-11-19/h2,4-5,7-8,11-14H,1,3,6,9-10H2/t12-,13+,14-/m1/s1. The van der Waals surface area contributed by atoms with Crippen molar-refractivity contribution in [2.24, 2.45) is 5.92 Å². The van der Waals surface area contributed by atoms with Gasteiger partial charge in [0.1, 0.15) is 5.76 Å². The van der Waals surface area contributed by atoms with Crippen molar-refractivity contribution in [3.8, 4) is 0 Å². The van der Waals surface area contributed by atoms with Crippen LogP contribution in [0.25, 0.3) is 0 Å². The van der Waals surface area contributed by atoms with Crippen LogP contribution in [-0.2, 0) is 4.79 Å². The Bertz CT molecular complexity index is 606. The number of carbonyl (C=O) groups is 1. The average Bonchev–Trinajstić information content (AvgIpc) is 2.98. The van der Waals surface area contributed by atoms with Crippen LogP contribution < -0.4 is 0 Å². The summed E-state index contributed by atoms with van der Waals surface area (Å²) in [4.78, 5) is 18.8. The number of aromatic nitrogens is 2. The van der Waals surface area contributed by atoms with Crippen molar-refractivity contribution in [3.63, 3.8) is 0 Å². The third-order valence-electron chi connectivity index (χ3n) is 4.67. The largest absolute Gasteiger partial charge is 0.469 e. The predicted octanol–water partition coefficient (Wildman–Crippen LogP) is 2.44. The molecule has 2 aliphatic rings. The maximum atomic E-state index is 12.6. The van der Waals surface area contributed by atoms with E-state index in [-0.39, 0.29) is 5.92 Å². The Hall–Kier alpha value is -2.04. The van der Waals surface area contributed by atoms with E-state index in [1.807, 2.05) is 29.6 Å². The van der Waals surface area contributed by atoms with Crippen LogP contribution in [0, 0.1) is 5.92 Å². The van der Waals surface area contributed by atoms with Crippen molar-refractivity contribution in [1.82, 2.24) is 14.5 Å². The molecule has 110 valence electrons. The summed E-state index contributed by atoms with van der Waals surface area (Å²) >= 11 is 0. The molecule has 2 fully saturated rings. The van der Waals surface area contributed by atoms with Gasteiger partial charge in [-0.1, -0.05) is 0 Å². The summed E-state index contributed by atoms with van der Waals surface area (Å²) in [6.45, 7) is 1.68. The van der Waals surface area contributed by atoms with Crippen LogP contribution in [0.1, 0.15) is 37.0 Å². The zero-order chi connectivity index (χ0) is 14.2. The first-order valence-corrected chi connectivity index (χ1v) is 7.62. The van der Waals surface area contributed by atoms with Crippen molar-refractivity contribution in [2.45, 2.75) is 31.2 Å². The van der Waals surface area contributed by atoms with Gasteiger partial charge in [-0.15, -0.1) is 0 Å². The first-order valence-electron chi connectivity index (χ1n) is 7.62. The molecule has 1 aliphatic carbocycles. The second-order valence-electron chi connectivity index (χ2n) is 6.05. The quantitative estimate of drug-likeness (QED) is 0.870. The van der Waals surface area contributed by atoms with Crippen molar-refractivity contribution in [1.29, 1.82) is 0 Å². The van der Waals surface area contributed by atoms with E-state index < -0.39 is 0 Å². The van der Waals surface area contributed by atoms with Gasteiger partial charge in [0.25, 0.3) is 0 Å². The fourth-order valence-electron chi connectivity index (χ4n) is 3.40. The third-order valence-corrected chi connectivity index (χ3v) is 4.67. The van der Waals surface area contributed by atoms with E-state index in [9.17, 15) is 4.79 Å². The van der Waals surface area contributed by atoms with Crippen molar-refractivity contribution in [3.05, 3.63) is 42.9 Å². The number of imidazole rings is 1. The number of carbonyl (C=O) groups excluding carboxylic acids is 1. The summed E-state index contributed by atoms with van der Waals surface area (Å²) in [6, 6.07) is 4.24. The maximum Gasteiger partial charge on any atom is 0.226 e. The average molecular weight is 285 g/mol. The summed E-state index contributed by atoms with van der Waals surface area (Å²) in [6.07, 6.45) is 10.4. The molecule has 5 nitrogen and oxygen atoms in total. The van der Waals surface area contributed by atoms with Gasteiger partial charge >= 0.3 is 0 Å². The molecule has 0 radical (unpaired) electrons. The molecule has 1 aliphatic heterocycles. The lowest BCUT2D eigenvalue weighted by Crippen LogP contribution is -2.41. The van der Waals surface area contributed by atoms with Gasteiger partial charge in [-0.25, -0.2) is 4.98 Å². The topological polar surface area (TPSA) is 51.3 Å². The number of nitrogens with zero attached hydrogens (tertiary/aromatic N) is 3. The Morgan fingerprint density at radius 2 is 2.38 bits per heavy atom. The minimum absolute atomic E-state index is 0.123. The highest BCUT2D eigenvalue weighted by molar-refractivity contribution is 5.83. The number of furan rings is 1. The number of hydrogen-bond donors (Lipinski definition) is 0. The van der Waals surface area contributed by atoms with E-state index in [0.29, 0.717) is 17.9 Å². The number of piperidine rings is 1. The first kappa shape index (κ1) is 12.7. The third kappa shape index (κ3) is 2.37. The molecular formula is C16H19N3O2. The van der Waals surface area contributed by atoms with Crippen molar-refractivity contribution < 1.29 is 9.21 Å². The summed E-state index contributed by atoms with van der Waals surface area (Å²) in [7, 11) is 0. The summed E-state index contributed by atoms with van der Waals surface area (Å²) in [5, 5.41) is 0. The Balaban J connectivity index is 1.41. The highest BCUT2D eigenvalue weighted by Gasteiger charge is 2.48. The fraction of sp³-hybridized carbons (Fsp3) is 0.500. The fourth-order valence-corrected chi connectivity index (χ4v) is 3.40. The second kappa shape index (κ2) is 5.06. The molecule has 3 atom stereocenters. The Morgan fingerprint density at radius 3 is 3.14 bits per heavy atom. The summed E-state index contributed by atoms with van der Waals surface area (Å²) in [5.41, 5.74) is 0. The van der Waals surface area contributed by atoms with E-state index in [0.717, 1.165) is 38.1 Å². The molecule has 0 N–H and O–H groups in total. The van der Waals surface area contributed by atoms with Crippen LogP contribution >= 0.6 is 0 Å². The van der Waals surface area contributed by atoms with Gasteiger partial charge in [0.2, 0.25) is 5.91 Å². The molecule has 1 saturated carbocycles. The SMILES string of the molecule is O=C([C@@H]1C[C@@H]1c1ccco1)N1CCC[C@@H](n2ccnc2)C1. The van der Waals surface area contributed by atoms with E-state index >= 15 is 0 Å². The van der Waals surface area contributed by atoms with Gasteiger partial charge in [0.15, 0.2) is 0 Å². The highest BCUT2D eigenvalue weighted by atomic mass is 16.3. The predicted molar refractivity (Wildman–Crippen MR) is 76.6 cm³/mol. The van der Waals surface area contributed by atoms with Gasteiger partial charge in [-0.05, 0) is 31.4 Å². The molecule has 2 aromatic rings. The molecule has 0 unspecified atom stereocenters. The molecule has 0 aromatic carbocycles. The first-order chi connectivity index (χ1) is 10.3. The lowest BCUT2D eigenvalue weighted by atomic mass is 10.0. The second-order valence-corrected chi connectivity index (χ2v) is 6.05. The van der Waals surface area contributed by atoms with Crippen LogP contribution in [-0.4, -0.2) is 33.4 Å². The molecular weight excluding hydrogens is 266 g/mol. The van der Waals surface area contributed by atoms with Crippen LogP contribution in [0.4, 0.5) is 0 Å². The van der Waals surface area contributed by atoms with Crippen molar-refractivity contribution >= 4 is 5.91 Å². The van der Waals surface area contributed by atoms with Crippen LogP contribution in [0.5, 0.6) is 0 Å². The van der Waals surface area contributed by atoms with Gasteiger partial charge < -0.3 is 13.9 Å². The Labute approximate surface area is 123 Å². The Morgan fingerprint density at radius 1 is 1.43 bits per heavy atom. The molecule has 4 rings (SSSR count). The lowest BCUT2D eigenvalue weighted by Gasteiger charge is -2.33. The molecule has 1 saturated heterocycles. The summed E-state index contributed by atoms with van der Waals surface area (Å²) < 4.78 is 7.54. The van der Waals surface area contributed by atoms with Gasteiger partial charge in [0, 0.05) is 37.3 Å². The van der Waals surface area contributed by atoms with Gasteiger partial charge in [0.05, 0.1) is 18.6 Å². The summed E-state index contributed by atoms with van der Waals surface area (Å²) in [5.74, 6) is 1.66. The zero-order valence-corrected chi connectivity index (χ0v) is 11.9. The molecule has 0 bridgehead atoms. The maximum absolute atomic E-state index is 12.6. The number of rotatable bonds is 3. The number of likely N-dealkylation sites (tertiary alicyclic amines) is 1. The molecule has 2 aromatic heterocycles. The van der Waals surface area contributed by atoms with Crippen LogP contribution in [0.15, 0.2) is 41.5 Å².